The van der Waals surface area contributed by atoms with Gasteiger partial charge in [-0.1, -0.05) is 13.8 Å². The van der Waals surface area contributed by atoms with Gasteiger partial charge >= 0.3 is 11.9 Å². The average molecular weight is 352 g/mol. The average Bonchev–Trinajstić information content (AvgIpc) is 2.52. The lowest BCUT2D eigenvalue weighted by Crippen LogP contribution is -2.65. The Hall–Kier alpha value is -2.02. The lowest BCUT2D eigenvalue weighted by Gasteiger charge is -2.55. The van der Waals surface area contributed by atoms with Gasteiger partial charge in [0.2, 0.25) is 0 Å². The molecule has 7 nitrogen and oxygen atoms in total. The van der Waals surface area contributed by atoms with E-state index in [1.54, 1.807) is 20.8 Å². The molecule has 0 unspecified atom stereocenters. The van der Waals surface area contributed by atoms with Gasteiger partial charge in [0.25, 0.3) is 0 Å². The summed E-state index contributed by atoms with van der Waals surface area (Å²) in [6.07, 6.45) is -0.196. The van der Waals surface area contributed by atoms with Crippen molar-refractivity contribution in [2.45, 2.75) is 52.2 Å². The van der Waals surface area contributed by atoms with Crippen LogP contribution in [0.1, 0.15) is 40.5 Å². The molecule has 25 heavy (non-hydrogen) atoms. The van der Waals surface area contributed by atoms with E-state index >= 15 is 0 Å². The molecule has 1 N–H and O–H groups in total. The minimum absolute atomic E-state index is 0.0357. The van der Waals surface area contributed by atoms with E-state index < -0.39 is 46.7 Å². The molecule has 0 aromatic heterocycles. The topological polar surface area (TPSA) is 107 Å². The molecule has 0 spiro atoms. The number of carbonyl (C=O) groups is 4. The van der Waals surface area contributed by atoms with E-state index in [1.165, 1.54) is 20.1 Å². The van der Waals surface area contributed by atoms with E-state index in [0.717, 1.165) is 0 Å². The number of hydrogen-bond acceptors (Lipinski definition) is 7. The van der Waals surface area contributed by atoms with E-state index in [9.17, 15) is 24.3 Å². The summed E-state index contributed by atoms with van der Waals surface area (Å²) in [6.45, 7) is 5.94. The second-order valence-electron chi connectivity index (χ2n) is 7.26. The molecule has 2 rings (SSSR count). The molecule has 1 saturated carbocycles. The normalized spacial score (nSPS) is 36.2. The van der Waals surface area contributed by atoms with E-state index in [-0.39, 0.29) is 18.6 Å². The van der Waals surface area contributed by atoms with Crippen molar-refractivity contribution in [3.63, 3.8) is 0 Å². The Morgan fingerprint density at radius 1 is 1.36 bits per heavy atom. The zero-order valence-electron chi connectivity index (χ0n) is 15.1. The van der Waals surface area contributed by atoms with Crippen LogP contribution in [-0.4, -0.2) is 47.4 Å². The molecule has 0 heterocycles. The van der Waals surface area contributed by atoms with Gasteiger partial charge in [-0.2, -0.15) is 0 Å². The maximum atomic E-state index is 12.7. The monoisotopic (exact) mass is 352 g/mol. The summed E-state index contributed by atoms with van der Waals surface area (Å²) in [4.78, 5) is 48.4. The van der Waals surface area contributed by atoms with Crippen LogP contribution in [0.4, 0.5) is 0 Å². The molecule has 5 atom stereocenters. The van der Waals surface area contributed by atoms with Crippen LogP contribution in [-0.2, 0) is 28.7 Å². The van der Waals surface area contributed by atoms with Crippen molar-refractivity contribution >= 4 is 23.5 Å². The Balaban J connectivity index is 2.49. The van der Waals surface area contributed by atoms with Gasteiger partial charge < -0.3 is 14.6 Å². The van der Waals surface area contributed by atoms with Crippen LogP contribution in [0, 0.1) is 17.3 Å². The zero-order chi connectivity index (χ0) is 19.2. The van der Waals surface area contributed by atoms with Crippen LogP contribution < -0.4 is 0 Å². The van der Waals surface area contributed by atoms with Gasteiger partial charge in [-0.25, -0.2) is 0 Å². The molecular formula is C18H24O7. The van der Waals surface area contributed by atoms with Gasteiger partial charge in [0.05, 0.1) is 24.0 Å². The zero-order valence-corrected chi connectivity index (χ0v) is 15.1. The second-order valence-corrected chi connectivity index (χ2v) is 7.26. The SMILES string of the molecule is COC(=O)[C@H](C)[C@H]1C[C@]2(O)C(C)=CC(=O)[C@H](OC(C)=O)[C@]2(C)CC1=O. The molecule has 0 aliphatic heterocycles. The molecule has 2 aliphatic rings. The Morgan fingerprint density at radius 3 is 2.48 bits per heavy atom. The molecule has 0 saturated heterocycles. The van der Waals surface area contributed by atoms with Crippen molar-refractivity contribution in [3.05, 3.63) is 11.6 Å². The van der Waals surface area contributed by atoms with Gasteiger partial charge in [-0.3, -0.25) is 19.2 Å². The minimum Gasteiger partial charge on any atom is -0.469 e. The first-order chi connectivity index (χ1) is 11.5. The fourth-order valence-electron chi connectivity index (χ4n) is 4.11. The molecule has 138 valence electrons. The highest BCUT2D eigenvalue weighted by Gasteiger charge is 2.64. The van der Waals surface area contributed by atoms with Crippen LogP contribution in [0.5, 0.6) is 0 Å². The lowest BCUT2D eigenvalue weighted by molar-refractivity contribution is -0.191. The molecule has 0 aromatic carbocycles. The number of fused-ring (bicyclic) bond motifs is 1. The van der Waals surface area contributed by atoms with Crippen LogP contribution in [0.25, 0.3) is 0 Å². The van der Waals surface area contributed by atoms with E-state index in [1.807, 2.05) is 0 Å². The van der Waals surface area contributed by atoms with Gasteiger partial charge in [0.1, 0.15) is 5.78 Å². The van der Waals surface area contributed by atoms with Crippen molar-refractivity contribution in [2.24, 2.45) is 17.3 Å². The largest absolute Gasteiger partial charge is 0.469 e. The van der Waals surface area contributed by atoms with Crippen molar-refractivity contribution in [2.75, 3.05) is 7.11 Å². The third-order valence-electron chi connectivity index (χ3n) is 5.72. The number of esters is 2. The van der Waals surface area contributed by atoms with E-state index in [2.05, 4.69) is 0 Å². The number of aliphatic hydroxyl groups is 1. The number of carbonyl (C=O) groups excluding carboxylic acids is 4. The molecule has 2 aliphatic carbocycles. The molecule has 0 bridgehead atoms. The summed E-state index contributed by atoms with van der Waals surface area (Å²) in [6, 6.07) is 0. The summed E-state index contributed by atoms with van der Waals surface area (Å²) >= 11 is 0. The Morgan fingerprint density at radius 2 is 1.96 bits per heavy atom. The number of rotatable bonds is 3. The molecule has 0 aromatic rings. The summed E-state index contributed by atoms with van der Waals surface area (Å²) in [7, 11) is 1.24. The Bertz CT molecular complexity index is 664. The summed E-state index contributed by atoms with van der Waals surface area (Å²) in [5.74, 6) is -3.36. The predicted molar refractivity (Wildman–Crippen MR) is 86.3 cm³/mol. The first-order valence-corrected chi connectivity index (χ1v) is 8.20. The van der Waals surface area contributed by atoms with Gasteiger partial charge in [0.15, 0.2) is 11.9 Å². The summed E-state index contributed by atoms with van der Waals surface area (Å²) in [5.41, 5.74) is -2.42. The van der Waals surface area contributed by atoms with E-state index in [4.69, 9.17) is 9.47 Å². The highest BCUT2D eigenvalue weighted by Crippen LogP contribution is 2.55. The lowest BCUT2D eigenvalue weighted by atomic mass is 9.52. The highest BCUT2D eigenvalue weighted by molar-refractivity contribution is 5.99. The molecule has 0 radical (unpaired) electrons. The van der Waals surface area contributed by atoms with Crippen LogP contribution in [0.2, 0.25) is 0 Å². The van der Waals surface area contributed by atoms with Gasteiger partial charge in [-0.15, -0.1) is 0 Å². The third kappa shape index (κ3) is 2.90. The third-order valence-corrected chi connectivity index (χ3v) is 5.72. The second kappa shape index (κ2) is 6.37. The molecule has 0 amide bonds. The Labute approximate surface area is 146 Å². The first kappa shape index (κ1) is 19.3. The van der Waals surface area contributed by atoms with Gasteiger partial charge in [-0.05, 0) is 25.0 Å². The first-order valence-electron chi connectivity index (χ1n) is 8.20. The van der Waals surface area contributed by atoms with Crippen molar-refractivity contribution in [3.8, 4) is 0 Å². The number of ketones is 2. The minimum atomic E-state index is -1.54. The van der Waals surface area contributed by atoms with Crippen LogP contribution >= 0.6 is 0 Å². The summed E-state index contributed by atoms with van der Waals surface area (Å²) < 4.78 is 9.88. The fourth-order valence-corrected chi connectivity index (χ4v) is 4.11. The number of hydrogen-bond donors (Lipinski definition) is 1. The van der Waals surface area contributed by atoms with Crippen molar-refractivity contribution in [1.29, 1.82) is 0 Å². The maximum Gasteiger partial charge on any atom is 0.309 e. The molecule has 7 heteroatoms. The maximum absolute atomic E-state index is 12.7. The number of Topliss-reactive ketones (excluding diaryl/α,β-unsaturated/α-hetero) is 1. The fraction of sp³-hybridized carbons (Fsp3) is 0.667. The van der Waals surface area contributed by atoms with E-state index in [0.29, 0.717) is 5.57 Å². The smallest absolute Gasteiger partial charge is 0.309 e. The molecule has 1 fully saturated rings. The molecular weight excluding hydrogens is 328 g/mol. The predicted octanol–water partition coefficient (Wildman–Crippen LogP) is 0.973. The van der Waals surface area contributed by atoms with Crippen LogP contribution in [0.3, 0.4) is 0 Å². The number of ether oxygens (including phenoxy) is 2. The van der Waals surface area contributed by atoms with Crippen LogP contribution in [0.15, 0.2) is 11.6 Å². The summed E-state index contributed by atoms with van der Waals surface area (Å²) in [5, 5.41) is 11.4. The van der Waals surface area contributed by atoms with Gasteiger partial charge in [0, 0.05) is 19.3 Å². The standard InChI is InChI=1S/C18H24O7/c1-9-6-13(20)15(25-11(3)19)17(4)8-14(21)12(7-18(9,17)23)10(2)16(22)24-5/h6,10,12,15,23H,7-8H2,1-5H3/t10-,12-,15+,17+,18+/m1/s1. The number of methoxy groups -OCH3 is 1. The van der Waals surface area contributed by atoms with Crippen molar-refractivity contribution in [1.82, 2.24) is 0 Å². The Kier molecular flexibility index (Phi) is 4.92. The van der Waals surface area contributed by atoms with Crippen molar-refractivity contribution < 1.29 is 33.8 Å². The highest BCUT2D eigenvalue weighted by atomic mass is 16.5. The quantitative estimate of drug-likeness (QED) is 0.754.